The van der Waals surface area contributed by atoms with Crippen molar-refractivity contribution in [1.82, 2.24) is 20.0 Å². The van der Waals surface area contributed by atoms with Crippen molar-refractivity contribution in [2.75, 3.05) is 32.1 Å². The van der Waals surface area contributed by atoms with E-state index in [1.807, 2.05) is 36.3 Å². The van der Waals surface area contributed by atoms with Crippen LogP contribution in [0.15, 0.2) is 54.9 Å². The fourth-order valence-electron chi connectivity index (χ4n) is 4.12. The molecular formula is C24H28FN5O2. The van der Waals surface area contributed by atoms with E-state index in [1.54, 1.807) is 30.1 Å². The molecule has 1 atom stereocenters. The number of aromatic nitrogens is 2. The molecule has 0 spiro atoms. The van der Waals surface area contributed by atoms with Gasteiger partial charge in [0.15, 0.2) is 0 Å². The van der Waals surface area contributed by atoms with Gasteiger partial charge in [0.1, 0.15) is 11.6 Å². The number of rotatable bonds is 7. The molecule has 3 aromatic rings. The lowest BCUT2D eigenvalue weighted by Gasteiger charge is -2.25. The number of ether oxygens (including phenoxy) is 1. The first-order chi connectivity index (χ1) is 15.5. The van der Waals surface area contributed by atoms with E-state index in [9.17, 15) is 9.18 Å². The Bertz CT molecular complexity index is 1070. The van der Waals surface area contributed by atoms with Gasteiger partial charge in [0, 0.05) is 55.8 Å². The predicted octanol–water partition coefficient (Wildman–Crippen LogP) is 4.19. The minimum atomic E-state index is -0.265. The number of likely N-dealkylation sites (tertiary alicyclic amines) is 1. The fraction of sp³-hybridized carbons (Fsp3) is 0.333. The molecule has 0 bridgehead atoms. The van der Waals surface area contributed by atoms with Gasteiger partial charge < -0.3 is 20.3 Å². The van der Waals surface area contributed by atoms with Gasteiger partial charge in [0.25, 0.3) is 0 Å². The van der Waals surface area contributed by atoms with Gasteiger partial charge in [-0.1, -0.05) is 12.1 Å². The first kappa shape index (κ1) is 21.7. The summed E-state index contributed by atoms with van der Waals surface area (Å²) < 4.78 is 20.5. The summed E-state index contributed by atoms with van der Waals surface area (Å²) in [5.41, 5.74) is 3.84. The summed E-state index contributed by atoms with van der Waals surface area (Å²) in [6, 6.07) is 12.2. The zero-order valence-electron chi connectivity index (χ0n) is 18.3. The van der Waals surface area contributed by atoms with E-state index in [4.69, 9.17) is 4.74 Å². The van der Waals surface area contributed by atoms with Crippen LogP contribution in [0.3, 0.4) is 0 Å². The maximum Gasteiger partial charge on any atom is 0.317 e. The number of carbonyl (C=O) groups is 1. The summed E-state index contributed by atoms with van der Waals surface area (Å²) in [6.45, 7) is 1.77. The molecule has 0 aliphatic carbocycles. The molecule has 1 aromatic heterocycles. The maximum absolute atomic E-state index is 13.2. The van der Waals surface area contributed by atoms with Gasteiger partial charge in [-0.3, -0.25) is 4.68 Å². The largest absolute Gasteiger partial charge is 0.496 e. The Balaban J connectivity index is 1.30. The molecular weight excluding hydrogens is 409 g/mol. The van der Waals surface area contributed by atoms with E-state index < -0.39 is 0 Å². The SMILES string of the molecule is COc1cc(NCCNC(=O)N2CCCC2c2ccc(F)cc2)ccc1-c1cnn(C)c1. The molecule has 1 aliphatic heterocycles. The molecule has 1 fully saturated rings. The lowest BCUT2D eigenvalue weighted by molar-refractivity contribution is 0.193. The standard InChI is InChI=1S/C24H28FN5O2/c1-29-16-18(15-28-29)21-10-9-20(14-23(21)32-2)26-11-12-27-24(31)30-13-3-4-22(30)17-5-7-19(25)8-6-17/h5-10,14-16,22,26H,3-4,11-13H2,1-2H3,(H,27,31). The monoisotopic (exact) mass is 437 g/mol. The van der Waals surface area contributed by atoms with Gasteiger partial charge in [0.05, 0.1) is 19.3 Å². The second-order valence-corrected chi connectivity index (χ2v) is 7.88. The average Bonchev–Trinajstić information content (AvgIpc) is 3.46. The van der Waals surface area contributed by atoms with Crippen molar-refractivity contribution in [2.24, 2.45) is 7.05 Å². The number of anilines is 1. The summed E-state index contributed by atoms with van der Waals surface area (Å²) in [5, 5.41) is 10.5. The van der Waals surface area contributed by atoms with Gasteiger partial charge in [0.2, 0.25) is 0 Å². The van der Waals surface area contributed by atoms with E-state index in [1.165, 1.54) is 12.1 Å². The summed E-state index contributed by atoms with van der Waals surface area (Å²) in [4.78, 5) is 14.5. The third-order valence-corrected chi connectivity index (χ3v) is 5.72. The molecule has 1 saturated heterocycles. The maximum atomic E-state index is 13.2. The molecule has 1 aliphatic rings. The Labute approximate surface area is 187 Å². The Hall–Kier alpha value is -3.55. The minimum absolute atomic E-state index is 0.00663. The zero-order valence-corrected chi connectivity index (χ0v) is 18.3. The van der Waals surface area contributed by atoms with Crippen LogP contribution in [0.2, 0.25) is 0 Å². The minimum Gasteiger partial charge on any atom is -0.496 e. The molecule has 4 rings (SSSR count). The summed E-state index contributed by atoms with van der Waals surface area (Å²) in [6.07, 6.45) is 5.58. The predicted molar refractivity (Wildman–Crippen MR) is 122 cm³/mol. The van der Waals surface area contributed by atoms with Gasteiger partial charge in [-0.15, -0.1) is 0 Å². The lowest BCUT2D eigenvalue weighted by Crippen LogP contribution is -2.41. The molecule has 2 amide bonds. The second-order valence-electron chi connectivity index (χ2n) is 7.88. The highest BCUT2D eigenvalue weighted by Gasteiger charge is 2.29. The van der Waals surface area contributed by atoms with Crippen molar-refractivity contribution < 1.29 is 13.9 Å². The third kappa shape index (κ3) is 4.85. The number of methoxy groups -OCH3 is 1. The molecule has 32 heavy (non-hydrogen) atoms. The molecule has 8 heteroatoms. The third-order valence-electron chi connectivity index (χ3n) is 5.72. The molecule has 2 heterocycles. The van der Waals surface area contributed by atoms with E-state index in [-0.39, 0.29) is 17.9 Å². The van der Waals surface area contributed by atoms with E-state index in [2.05, 4.69) is 15.7 Å². The quantitative estimate of drug-likeness (QED) is 0.544. The second kappa shape index (κ2) is 9.72. The van der Waals surface area contributed by atoms with Gasteiger partial charge in [-0.05, 0) is 42.7 Å². The Kier molecular flexibility index (Phi) is 6.58. The van der Waals surface area contributed by atoms with Crippen LogP contribution >= 0.6 is 0 Å². The number of nitrogens with zero attached hydrogens (tertiary/aromatic N) is 3. The molecule has 168 valence electrons. The Morgan fingerprint density at radius 1 is 1.22 bits per heavy atom. The van der Waals surface area contributed by atoms with Crippen LogP contribution in [0.4, 0.5) is 14.9 Å². The first-order valence-corrected chi connectivity index (χ1v) is 10.8. The number of halogens is 1. The smallest absolute Gasteiger partial charge is 0.317 e. The van der Waals surface area contributed by atoms with Crippen LogP contribution in [0.5, 0.6) is 5.75 Å². The molecule has 2 N–H and O–H groups in total. The number of hydrogen-bond acceptors (Lipinski definition) is 4. The molecule has 7 nitrogen and oxygen atoms in total. The van der Waals surface area contributed by atoms with Crippen molar-refractivity contribution >= 4 is 11.7 Å². The highest BCUT2D eigenvalue weighted by Crippen LogP contribution is 2.33. The molecule has 0 saturated carbocycles. The molecule has 2 aromatic carbocycles. The zero-order chi connectivity index (χ0) is 22.5. The van der Waals surface area contributed by atoms with E-state index >= 15 is 0 Å². The number of benzene rings is 2. The number of carbonyl (C=O) groups excluding carboxylic acids is 1. The van der Waals surface area contributed by atoms with Crippen LogP contribution in [0.1, 0.15) is 24.4 Å². The van der Waals surface area contributed by atoms with Gasteiger partial charge in [-0.2, -0.15) is 5.10 Å². The van der Waals surface area contributed by atoms with Crippen molar-refractivity contribution in [3.8, 4) is 16.9 Å². The topological polar surface area (TPSA) is 71.4 Å². The Morgan fingerprint density at radius 2 is 2.03 bits per heavy atom. The van der Waals surface area contributed by atoms with Crippen LogP contribution in [0, 0.1) is 5.82 Å². The van der Waals surface area contributed by atoms with Crippen molar-refractivity contribution in [1.29, 1.82) is 0 Å². The number of aryl methyl sites for hydroxylation is 1. The number of nitrogens with one attached hydrogen (secondary N) is 2. The van der Waals surface area contributed by atoms with E-state index in [0.29, 0.717) is 19.6 Å². The number of amides is 2. The van der Waals surface area contributed by atoms with Crippen molar-refractivity contribution in [3.05, 3.63) is 66.2 Å². The molecule has 0 radical (unpaired) electrons. The Morgan fingerprint density at radius 3 is 2.75 bits per heavy atom. The number of hydrogen-bond donors (Lipinski definition) is 2. The van der Waals surface area contributed by atoms with E-state index in [0.717, 1.165) is 41.0 Å². The fourth-order valence-corrected chi connectivity index (χ4v) is 4.12. The lowest BCUT2D eigenvalue weighted by atomic mass is 10.0. The van der Waals surface area contributed by atoms with Crippen LogP contribution in [0.25, 0.3) is 11.1 Å². The summed E-state index contributed by atoms with van der Waals surface area (Å²) in [7, 11) is 3.52. The van der Waals surface area contributed by atoms with Gasteiger partial charge in [-0.25, -0.2) is 9.18 Å². The first-order valence-electron chi connectivity index (χ1n) is 10.8. The summed E-state index contributed by atoms with van der Waals surface area (Å²) in [5.74, 6) is 0.491. The summed E-state index contributed by atoms with van der Waals surface area (Å²) >= 11 is 0. The van der Waals surface area contributed by atoms with Crippen LogP contribution in [-0.4, -0.2) is 47.5 Å². The van der Waals surface area contributed by atoms with Gasteiger partial charge >= 0.3 is 6.03 Å². The van der Waals surface area contributed by atoms with Crippen molar-refractivity contribution in [2.45, 2.75) is 18.9 Å². The highest BCUT2D eigenvalue weighted by atomic mass is 19.1. The normalized spacial score (nSPS) is 15.6. The molecule has 1 unspecified atom stereocenters. The van der Waals surface area contributed by atoms with Crippen LogP contribution in [-0.2, 0) is 7.05 Å². The number of urea groups is 1. The highest BCUT2D eigenvalue weighted by molar-refractivity contribution is 5.75. The average molecular weight is 438 g/mol. The van der Waals surface area contributed by atoms with Crippen LogP contribution < -0.4 is 15.4 Å². The van der Waals surface area contributed by atoms with Crippen molar-refractivity contribution in [3.63, 3.8) is 0 Å².